The highest BCUT2D eigenvalue weighted by atomic mass is 32.1. The third-order valence-corrected chi connectivity index (χ3v) is 5.57. The molecule has 3 aromatic rings. The lowest BCUT2D eigenvalue weighted by molar-refractivity contribution is 0.103. The van der Waals surface area contributed by atoms with Gasteiger partial charge >= 0.3 is 0 Å². The molecule has 0 saturated heterocycles. The van der Waals surface area contributed by atoms with Crippen LogP contribution in [0, 0.1) is 13.8 Å². The number of nitrogens with one attached hydrogen (secondary N) is 1. The number of amides is 1. The molecule has 1 amide bonds. The molecule has 0 fully saturated rings. The summed E-state index contributed by atoms with van der Waals surface area (Å²) in [6.07, 6.45) is 0. The fourth-order valence-corrected chi connectivity index (χ4v) is 3.62. The van der Waals surface area contributed by atoms with E-state index in [0.717, 1.165) is 27.7 Å². The molecule has 28 heavy (non-hydrogen) atoms. The number of aryl methyl sites for hydroxylation is 2. The van der Waals surface area contributed by atoms with Gasteiger partial charge in [0.1, 0.15) is 22.2 Å². The first kappa shape index (κ1) is 20.1. The second-order valence-corrected chi connectivity index (χ2v) is 8.99. The number of thiazole rings is 1. The fourth-order valence-electron chi connectivity index (χ4n) is 2.75. The molecule has 0 aliphatic rings. The Morgan fingerprint density at radius 3 is 2.29 bits per heavy atom. The molecular formula is C23H26N2O2S. The van der Waals surface area contributed by atoms with Gasteiger partial charge in [-0.25, -0.2) is 4.98 Å². The maximum absolute atomic E-state index is 12.6. The van der Waals surface area contributed by atoms with E-state index in [2.05, 4.69) is 43.2 Å². The average Bonchev–Trinajstić information content (AvgIpc) is 3.02. The SMILES string of the molecule is Cc1ccc(NC(=O)c2sc(COc3ccc(C(C)(C)C)cc3)nc2C)cc1. The highest BCUT2D eigenvalue weighted by molar-refractivity contribution is 7.13. The summed E-state index contributed by atoms with van der Waals surface area (Å²) in [7, 11) is 0. The van der Waals surface area contributed by atoms with Gasteiger partial charge < -0.3 is 10.1 Å². The monoisotopic (exact) mass is 394 g/mol. The molecule has 3 rings (SSSR count). The number of nitrogens with zero attached hydrogens (tertiary/aromatic N) is 1. The van der Waals surface area contributed by atoms with Gasteiger partial charge in [0.15, 0.2) is 0 Å². The number of aromatic nitrogens is 1. The zero-order valence-electron chi connectivity index (χ0n) is 17.0. The van der Waals surface area contributed by atoms with Crippen LogP contribution in [0.5, 0.6) is 5.75 Å². The van der Waals surface area contributed by atoms with E-state index in [-0.39, 0.29) is 11.3 Å². The van der Waals surface area contributed by atoms with E-state index in [9.17, 15) is 4.79 Å². The van der Waals surface area contributed by atoms with Crippen LogP contribution in [-0.2, 0) is 12.0 Å². The molecular weight excluding hydrogens is 368 g/mol. The van der Waals surface area contributed by atoms with Gasteiger partial charge in [-0.05, 0) is 49.1 Å². The van der Waals surface area contributed by atoms with E-state index in [0.29, 0.717) is 11.5 Å². The first-order chi connectivity index (χ1) is 13.2. The number of hydrogen-bond donors (Lipinski definition) is 1. The van der Waals surface area contributed by atoms with Crippen LogP contribution in [0.1, 0.15) is 52.3 Å². The summed E-state index contributed by atoms with van der Waals surface area (Å²) in [5.74, 6) is 0.658. The maximum Gasteiger partial charge on any atom is 0.267 e. The summed E-state index contributed by atoms with van der Waals surface area (Å²) in [4.78, 5) is 17.7. The Morgan fingerprint density at radius 2 is 1.68 bits per heavy atom. The smallest absolute Gasteiger partial charge is 0.267 e. The Balaban J connectivity index is 1.63. The number of hydrogen-bond acceptors (Lipinski definition) is 4. The Morgan fingerprint density at radius 1 is 1.04 bits per heavy atom. The predicted molar refractivity (Wildman–Crippen MR) is 115 cm³/mol. The van der Waals surface area contributed by atoms with Gasteiger partial charge in [-0.15, -0.1) is 11.3 Å². The lowest BCUT2D eigenvalue weighted by Gasteiger charge is -2.19. The van der Waals surface area contributed by atoms with Crippen LogP contribution in [0.4, 0.5) is 5.69 Å². The number of carbonyl (C=O) groups excluding carboxylic acids is 1. The van der Waals surface area contributed by atoms with Crippen LogP contribution in [0.3, 0.4) is 0 Å². The van der Waals surface area contributed by atoms with E-state index in [4.69, 9.17) is 4.74 Å². The van der Waals surface area contributed by atoms with Crippen molar-refractivity contribution in [2.45, 2.75) is 46.6 Å². The summed E-state index contributed by atoms with van der Waals surface area (Å²) < 4.78 is 5.86. The van der Waals surface area contributed by atoms with E-state index < -0.39 is 0 Å². The van der Waals surface area contributed by atoms with Gasteiger partial charge in [0.25, 0.3) is 5.91 Å². The van der Waals surface area contributed by atoms with Crippen molar-refractivity contribution in [3.05, 3.63) is 75.2 Å². The highest BCUT2D eigenvalue weighted by Crippen LogP contribution is 2.26. The summed E-state index contributed by atoms with van der Waals surface area (Å²) in [6, 6.07) is 15.9. The van der Waals surface area contributed by atoms with Gasteiger partial charge in [0, 0.05) is 5.69 Å². The van der Waals surface area contributed by atoms with Crippen LogP contribution in [0.2, 0.25) is 0 Å². The minimum absolute atomic E-state index is 0.116. The molecule has 0 spiro atoms. The largest absolute Gasteiger partial charge is 0.486 e. The van der Waals surface area contributed by atoms with E-state index >= 15 is 0 Å². The minimum Gasteiger partial charge on any atom is -0.486 e. The summed E-state index contributed by atoms with van der Waals surface area (Å²) in [5.41, 5.74) is 4.03. The molecule has 2 aromatic carbocycles. The molecule has 1 aromatic heterocycles. The first-order valence-corrected chi connectivity index (χ1v) is 10.1. The number of anilines is 1. The third-order valence-electron chi connectivity index (χ3n) is 4.44. The Hall–Kier alpha value is -2.66. The Kier molecular flexibility index (Phi) is 5.84. The van der Waals surface area contributed by atoms with Gasteiger partial charge in [0.05, 0.1) is 5.69 Å². The molecule has 0 atom stereocenters. The van der Waals surface area contributed by atoms with Crippen molar-refractivity contribution >= 4 is 22.9 Å². The van der Waals surface area contributed by atoms with Crippen molar-refractivity contribution in [2.75, 3.05) is 5.32 Å². The Labute approximate surface area is 170 Å². The standard InChI is InChI=1S/C23H26N2O2S/c1-15-6-10-18(11-7-15)25-22(26)21-16(2)24-20(28-21)14-27-19-12-8-17(9-13-19)23(3,4)5/h6-13H,14H2,1-5H3,(H,25,26). The van der Waals surface area contributed by atoms with Crippen LogP contribution in [-0.4, -0.2) is 10.9 Å². The number of ether oxygens (including phenoxy) is 1. The van der Waals surface area contributed by atoms with E-state index in [1.165, 1.54) is 16.9 Å². The van der Waals surface area contributed by atoms with Crippen molar-refractivity contribution in [3.8, 4) is 5.75 Å². The lowest BCUT2D eigenvalue weighted by Crippen LogP contribution is -2.11. The van der Waals surface area contributed by atoms with E-state index in [1.54, 1.807) is 0 Å². The molecule has 0 aliphatic carbocycles. The molecule has 1 heterocycles. The molecule has 0 unspecified atom stereocenters. The number of benzene rings is 2. The number of rotatable bonds is 5. The van der Waals surface area contributed by atoms with Gasteiger partial charge in [-0.2, -0.15) is 0 Å². The molecule has 0 aliphatic heterocycles. The van der Waals surface area contributed by atoms with Crippen molar-refractivity contribution < 1.29 is 9.53 Å². The molecule has 0 radical (unpaired) electrons. The molecule has 5 heteroatoms. The fraction of sp³-hybridized carbons (Fsp3) is 0.304. The number of carbonyl (C=O) groups is 1. The summed E-state index contributed by atoms with van der Waals surface area (Å²) in [6.45, 7) is 10.8. The van der Waals surface area contributed by atoms with Crippen molar-refractivity contribution in [1.82, 2.24) is 4.98 Å². The van der Waals surface area contributed by atoms with Crippen LogP contribution >= 0.6 is 11.3 Å². The van der Waals surface area contributed by atoms with Crippen LogP contribution < -0.4 is 10.1 Å². The van der Waals surface area contributed by atoms with Gasteiger partial charge in [-0.1, -0.05) is 50.6 Å². The molecule has 146 valence electrons. The molecule has 0 bridgehead atoms. The van der Waals surface area contributed by atoms with E-state index in [1.807, 2.05) is 50.2 Å². The lowest BCUT2D eigenvalue weighted by atomic mass is 9.87. The van der Waals surface area contributed by atoms with Gasteiger partial charge in [-0.3, -0.25) is 4.79 Å². The maximum atomic E-state index is 12.6. The van der Waals surface area contributed by atoms with Crippen molar-refractivity contribution in [1.29, 1.82) is 0 Å². The normalized spacial score (nSPS) is 11.3. The summed E-state index contributed by atoms with van der Waals surface area (Å²) in [5, 5.41) is 3.71. The topological polar surface area (TPSA) is 51.2 Å². The highest BCUT2D eigenvalue weighted by Gasteiger charge is 2.16. The summed E-state index contributed by atoms with van der Waals surface area (Å²) >= 11 is 1.37. The molecule has 4 nitrogen and oxygen atoms in total. The first-order valence-electron chi connectivity index (χ1n) is 9.30. The molecule has 1 N–H and O–H groups in total. The van der Waals surface area contributed by atoms with Crippen LogP contribution in [0.15, 0.2) is 48.5 Å². The zero-order chi connectivity index (χ0) is 20.3. The predicted octanol–water partition coefficient (Wildman–Crippen LogP) is 5.89. The quantitative estimate of drug-likeness (QED) is 0.587. The van der Waals surface area contributed by atoms with Crippen molar-refractivity contribution in [3.63, 3.8) is 0 Å². The van der Waals surface area contributed by atoms with Crippen molar-refractivity contribution in [2.24, 2.45) is 0 Å². The van der Waals surface area contributed by atoms with Crippen LogP contribution in [0.25, 0.3) is 0 Å². The zero-order valence-corrected chi connectivity index (χ0v) is 17.8. The second kappa shape index (κ2) is 8.15. The third kappa shape index (κ3) is 4.98. The second-order valence-electron chi connectivity index (χ2n) is 7.91. The molecule has 0 saturated carbocycles. The Bertz CT molecular complexity index is 952. The van der Waals surface area contributed by atoms with Gasteiger partial charge in [0.2, 0.25) is 0 Å². The minimum atomic E-state index is -0.139. The average molecular weight is 395 g/mol.